The number of nitrogens with zero attached hydrogens (tertiary/aromatic N) is 1. The maximum absolute atomic E-state index is 6.33. The van der Waals surface area contributed by atoms with Gasteiger partial charge in [0.2, 0.25) is 0 Å². The highest BCUT2D eigenvalue weighted by atomic mass is 16.3. The van der Waals surface area contributed by atoms with Gasteiger partial charge in [0.1, 0.15) is 5.76 Å². The minimum absolute atomic E-state index is 0.397. The van der Waals surface area contributed by atoms with E-state index in [1.807, 2.05) is 24.3 Å². The summed E-state index contributed by atoms with van der Waals surface area (Å²) >= 11 is 0. The van der Waals surface area contributed by atoms with Crippen LogP contribution in [0.1, 0.15) is 27.7 Å². The van der Waals surface area contributed by atoms with Crippen molar-refractivity contribution in [1.82, 2.24) is 0 Å². The summed E-state index contributed by atoms with van der Waals surface area (Å²) in [6, 6.07) is 23.6. The lowest BCUT2D eigenvalue weighted by atomic mass is 10.1. The molecule has 0 aliphatic rings. The first-order valence-corrected chi connectivity index (χ1v) is 8.61. The molecule has 1 aromatic heterocycles. The smallest absolute Gasteiger partial charge is 0.158 e. The average molecular weight is 319 g/mol. The minimum Gasteiger partial charge on any atom is -0.454 e. The third-order valence-electron chi connectivity index (χ3n) is 4.20. The molecule has 0 spiro atoms. The van der Waals surface area contributed by atoms with Crippen molar-refractivity contribution in [3.05, 3.63) is 66.7 Å². The molecular formula is C22H25NO. The van der Waals surface area contributed by atoms with Gasteiger partial charge in [0.15, 0.2) is 5.76 Å². The van der Waals surface area contributed by atoms with Crippen LogP contribution in [0.15, 0.2) is 71.1 Å². The van der Waals surface area contributed by atoms with E-state index in [1.54, 1.807) is 0 Å². The van der Waals surface area contributed by atoms with Crippen molar-refractivity contribution in [3.8, 4) is 22.6 Å². The average Bonchev–Trinajstić information content (AvgIpc) is 3.00. The van der Waals surface area contributed by atoms with Crippen molar-refractivity contribution in [2.75, 3.05) is 4.90 Å². The maximum Gasteiger partial charge on any atom is 0.158 e. The molecule has 2 aromatic carbocycles. The molecule has 0 saturated carbocycles. The van der Waals surface area contributed by atoms with Crippen LogP contribution in [0, 0.1) is 0 Å². The van der Waals surface area contributed by atoms with E-state index in [2.05, 4.69) is 75.1 Å². The first-order valence-electron chi connectivity index (χ1n) is 8.61. The predicted molar refractivity (Wildman–Crippen MR) is 102 cm³/mol. The van der Waals surface area contributed by atoms with Gasteiger partial charge in [-0.2, -0.15) is 0 Å². The fourth-order valence-electron chi connectivity index (χ4n) is 3.27. The SMILES string of the molecule is CC(C)N(c1cc(-c2ccccc2)oc1-c1ccccc1)C(C)C. The van der Waals surface area contributed by atoms with Gasteiger partial charge in [0.05, 0.1) is 5.69 Å². The maximum atomic E-state index is 6.33. The van der Waals surface area contributed by atoms with Gasteiger partial charge in [-0.15, -0.1) is 0 Å². The molecule has 2 nitrogen and oxygen atoms in total. The molecule has 0 amide bonds. The number of hydrogen-bond acceptors (Lipinski definition) is 2. The number of rotatable bonds is 5. The van der Waals surface area contributed by atoms with Crippen LogP contribution in [0.4, 0.5) is 5.69 Å². The van der Waals surface area contributed by atoms with Gasteiger partial charge >= 0.3 is 0 Å². The normalized spacial score (nSPS) is 11.2. The summed E-state index contributed by atoms with van der Waals surface area (Å²) in [5.74, 6) is 1.85. The van der Waals surface area contributed by atoms with Crippen LogP contribution < -0.4 is 4.90 Å². The van der Waals surface area contributed by atoms with E-state index in [1.165, 1.54) is 0 Å². The Kier molecular flexibility index (Phi) is 4.75. The molecule has 124 valence electrons. The van der Waals surface area contributed by atoms with Crippen LogP contribution in [-0.2, 0) is 0 Å². The Morgan fingerprint density at radius 1 is 0.708 bits per heavy atom. The Labute approximate surface area is 144 Å². The van der Waals surface area contributed by atoms with E-state index in [0.717, 1.165) is 28.3 Å². The van der Waals surface area contributed by atoms with Crippen molar-refractivity contribution >= 4 is 5.69 Å². The van der Waals surface area contributed by atoms with E-state index >= 15 is 0 Å². The lowest BCUT2D eigenvalue weighted by Gasteiger charge is -2.32. The summed E-state index contributed by atoms with van der Waals surface area (Å²) in [4.78, 5) is 2.41. The number of anilines is 1. The molecule has 0 N–H and O–H groups in total. The molecular weight excluding hydrogens is 294 g/mol. The van der Waals surface area contributed by atoms with Crippen LogP contribution in [0.5, 0.6) is 0 Å². The van der Waals surface area contributed by atoms with Crippen LogP contribution in [0.25, 0.3) is 22.6 Å². The lowest BCUT2D eigenvalue weighted by molar-refractivity contribution is 0.580. The van der Waals surface area contributed by atoms with Crippen molar-refractivity contribution in [2.24, 2.45) is 0 Å². The van der Waals surface area contributed by atoms with E-state index in [0.29, 0.717) is 12.1 Å². The Bertz CT molecular complexity index is 764. The summed E-state index contributed by atoms with van der Waals surface area (Å²) in [7, 11) is 0. The topological polar surface area (TPSA) is 16.4 Å². The van der Waals surface area contributed by atoms with Gasteiger partial charge in [-0.1, -0.05) is 60.7 Å². The van der Waals surface area contributed by atoms with Gasteiger partial charge in [-0.3, -0.25) is 0 Å². The van der Waals surface area contributed by atoms with E-state index in [-0.39, 0.29) is 0 Å². The molecule has 0 atom stereocenters. The van der Waals surface area contributed by atoms with Crippen LogP contribution >= 0.6 is 0 Å². The van der Waals surface area contributed by atoms with Crippen molar-refractivity contribution in [3.63, 3.8) is 0 Å². The van der Waals surface area contributed by atoms with E-state index in [9.17, 15) is 0 Å². The second-order valence-electron chi connectivity index (χ2n) is 6.65. The van der Waals surface area contributed by atoms with Crippen LogP contribution in [0.2, 0.25) is 0 Å². The Balaban J connectivity index is 2.17. The number of furan rings is 1. The molecule has 24 heavy (non-hydrogen) atoms. The highest BCUT2D eigenvalue weighted by Crippen LogP contribution is 2.39. The Morgan fingerprint density at radius 3 is 1.71 bits per heavy atom. The summed E-state index contributed by atoms with van der Waals surface area (Å²) in [6.45, 7) is 8.90. The molecule has 0 aliphatic heterocycles. The molecule has 0 fully saturated rings. The zero-order chi connectivity index (χ0) is 17.1. The highest BCUT2D eigenvalue weighted by molar-refractivity contribution is 5.79. The molecule has 0 bridgehead atoms. The molecule has 0 saturated heterocycles. The van der Waals surface area contributed by atoms with Crippen LogP contribution in [-0.4, -0.2) is 12.1 Å². The van der Waals surface area contributed by atoms with Crippen LogP contribution in [0.3, 0.4) is 0 Å². The fourth-order valence-corrected chi connectivity index (χ4v) is 3.27. The molecule has 0 aliphatic carbocycles. The quantitative estimate of drug-likeness (QED) is 0.553. The number of hydrogen-bond donors (Lipinski definition) is 0. The molecule has 2 heteroatoms. The second-order valence-corrected chi connectivity index (χ2v) is 6.65. The Hall–Kier alpha value is -2.48. The first-order chi connectivity index (χ1) is 11.6. The minimum atomic E-state index is 0.397. The lowest BCUT2D eigenvalue weighted by Crippen LogP contribution is -2.37. The zero-order valence-corrected chi connectivity index (χ0v) is 14.9. The first kappa shape index (κ1) is 16.4. The van der Waals surface area contributed by atoms with E-state index in [4.69, 9.17) is 4.42 Å². The molecule has 0 radical (unpaired) electrons. The largest absolute Gasteiger partial charge is 0.454 e. The summed E-state index contributed by atoms with van der Waals surface area (Å²) < 4.78 is 6.33. The monoisotopic (exact) mass is 319 g/mol. The summed E-state index contributed by atoms with van der Waals surface area (Å²) in [5, 5.41) is 0. The van der Waals surface area contributed by atoms with Crippen molar-refractivity contribution < 1.29 is 4.42 Å². The molecule has 3 aromatic rings. The van der Waals surface area contributed by atoms with Gasteiger partial charge in [0, 0.05) is 29.3 Å². The molecule has 0 unspecified atom stereocenters. The van der Waals surface area contributed by atoms with E-state index < -0.39 is 0 Å². The third kappa shape index (κ3) is 3.23. The third-order valence-corrected chi connectivity index (χ3v) is 4.20. The number of benzene rings is 2. The Morgan fingerprint density at radius 2 is 1.21 bits per heavy atom. The van der Waals surface area contributed by atoms with Gasteiger partial charge in [-0.05, 0) is 27.7 Å². The van der Waals surface area contributed by atoms with Gasteiger partial charge in [-0.25, -0.2) is 0 Å². The standard InChI is InChI=1S/C22H25NO/c1-16(2)23(17(3)4)20-15-21(18-11-7-5-8-12-18)24-22(20)19-13-9-6-10-14-19/h5-17H,1-4H3. The summed E-state index contributed by atoms with van der Waals surface area (Å²) in [6.07, 6.45) is 0. The van der Waals surface area contributed by atoms with Gasteiger partial charge in [0.25, 0.3) is 0 Å². The molecule has 1 heterocycles. The predicted octanol–water partition coefficient (Wildman–Crippen LogP) is 6.24. The highest BCUT2D eigenvalue weighted by Gasteiger charge is 2.23. The fraction of sp³-hybridized carbons (Fsp3) is 0.273. The van der Waals surface area contributed by atoms with Crippen molar-refractivity contribution in [1.29, 1.82) is 0 Å². The second kappa shape index (κ2) is 6.96. The molecule has 3 rings (SSSR count). The van der Waals surface area contributed by atoms with Crippen molar-refractivity contribution in [2.45, 2.75) is 39.8 Å². The summed E-state index contributed by atoms with van der Waals surface area (Å²) in [5.41, 5.74) is 3.37. The zero-order valence-electron chi connectivity index (χ0n) is 14.9. The van der Waals surface area contributed by atoms with Gasteiger partial charge < -0.3 is 9.32 Å².